The minimum atomic E-state index is -1.60. The van der Waals surface area contributed by atoms with E-state index in [1.807, 2.05) is 67.3 Å². The van der Waals surface area contributed by atoms with Gasteiger partial charge in [0.05, 0.1) is 40.5 Å². The summed E-state index contributed by atoms with van der Waals surface area (Å²) >= 11 is 1.56. The van der Waals surface area contributed by atoms with Gasteiger partial charge in [0.2, 0.25) is 17.7 Å². The van der Waals surface area contributed by atoms with Crippen molar-refractivity contribution in [1.82, 2.24) is 30.4 Å². The number of likely N-dealkylation sites (tertiary alicyclic amines) is 1. The molecule has 0 saturated carbocycles. The highest BCUT2D eigenvalue weighted by Crippen LogP contribution is 2.50. The van der Waals surface area contributed by atoms with Crippen molar-refractivity contribution in [1.29, 1.82) is 0 Å². The van der Waals surface area contributed by atoms with E-state index in [1.165, 1.54) is 30.9 Å². The number of rotatable bonds is 16. The molecule has 16 heteroatoms. The van der Waals surface area contributed by atoms with Gasteiger partial charge >= 0.3 is 0 Å². The Kier molecular flexibility index (Phi) is 15.0. The predicted octanol–water partition coefficient (Wildman–Crippen LogP) is 8.59. The fourth-order valence-electron chi connectivity index (χ4n) is 9.78. The Bertz CT molecular complexity index is 2730. The normalized spacial score (nSPS) is 19.7. The molecule has 8 rings (SSSR count). The Labute approximate surface area is 411 Å². The number of hydrogen-bond donors (Lipinski definition) is 3. The second-order valence-electron chi connectivity index (χ2n) is 20.4. The number of aromatic nitrogens is 2. The van der Waals surface area contributed by atoms with E-state index in [9.17, 15) is 19.5 Å². The number of hydrogen-bond acceptors (Lipinski definition) is 10. The fourth-order valence-corrected chi connectivity index (χ4v) is 10.6. The van der Waals surface area contributed by atoms with Crippen LogP contribution >= 0.6 is 11.3 Å². The van der Waals surface area contributed by atoms with Crippen LogP contribution in [0.25, 0.3) is 16.0 Å². The minimum Gasteiger partial charge on any atom is -0.487 e. The lowest BCUT2D eigenvalue weighted by molar-refractivity contribution is -0.144. The summed E-state index contributed by atoms with van der Waals surface area (Å²) in [5.41, 5.74) is 7.42. The van der Waals surface area contributed by atoms with Crippen molar-refractivity contribution in [3.63, 3.8) is 0 Å². The summed E-state index contributed by atoms with van der Waals surface area (Å²) < 4.78 is 59.2. The molecule has 2 aliphatic heterocycles. The molecule has 5 aromatic rings. The molecule has 3 aliphatic rings. The van der Waals surface area contributed by atoms with Gasteiger partial charge in [0.15, 0.2) is 0 Å². The Morgan fingerprint density at radius 2 is 1.67 bits per heavy atom. The second-order valence-corrected chi connectivity index (χ2v) is 21.2. The molecule has 370 valence electrons. The molecule has 70 heavy (non-hydrogen) atoms. The van der Waals surface area contributed by atoms with E-state index in [0.29, 0.717) is 24.1 Å². The molecule has 2 aromatic heterocycles. The van der Waals surface area contributed by atoms with Crippen LogP contribution in [0.4, 0.5) is 13.2 Å². The van der Waals surface area contributed by atoms with Crippen LogP contribution in [0.1, 0.15) is 99.6 Å². The van der Waals surface area contributed by atoms with Gasteiger partial charge in [-0.1, -0.05) is 75.4 Å². The summed E-state index contributed by atoms with van der Waals surface area (Å²) in [6.45, 7) is 12.0. The number of thiazole rings is 1. The molecule has 0 radical (unpaired) electrons. The van der Waals surface area contributed by atoms with Gasteiger partial charge < -0.3 is 30.1 Å². The molecule has 1 saturated heterocycles. The number of pyridine rings is 1. The van der Waals surface area contributed by atoms with Crippen molar-refractivity contribution >= 4 is 34.6 Å². The maximum atomic E-state index is 16.2. The molecule has 3 N–H and O–H groups in total. The van der Waals surface area contributed by atoms with Crippen LogP contribution in [0, 0.1) is 24.0 Å². The van der Waals surface area contributed by atoms with Crippen LogP contribution in [0.15, 0.2) is 90.1 Å². The van der Waals surface area contributed by atoms with Gasteiger partial charge in [0.1, 0.15) is 48.4 Å². The first kappa shape index (κ1) is 50.4. The van der Waals surface area contributed by atoms with Gasteiger partial charge in [-0.25, -0.2) is 18.2 Å². The van der Waals surface area contributed by atoms with Crippen molar-refractivity contribution in [3.05, 3.63) is 141 Å². The molecule has 3 aromatic carbocycles. The summed E-state index contributed by atoms with van der Waals surface area (Å²) in [6, 6.07) is 18.6. The summed E-state index contributed by atoms with van der Waals surface area (Å²) in [4.78, 5) is 53.8. The van der Waals surface area contributed by atoms with Crippen molar-refractivity contribution in [2.75, 3.05) is 19.7 Å². The smallest absolute Gasteiger partial charge is 0.246 e. The average Bonchev–Trinajstić information content (AvgIpc) is 4.03. The van der Waals surface area contributed by atoms with Gasteiger partial charge in [-0.05, 0) is 91.0 Å². The number of aliphatic hydroxyl groups is 1. The number of fused-ring (bicyclic) bond motifs is 2. The van der Waals surface area contributed by atoms with Gasteiger partial charge in [-0.3, -0.25) is 24.3 Å². The topological polar surface area (TPSA) is 146 Å². The van der Waals surface area contributed by atoms with E-state index in [0.717, 1.165) is 44.0 Å². The molecule has 5 atom stereocenters. The van der Waals surface area contributed by atoms with Crippen LogP contribution in [0.5, 0.6) is 5.75 Å². The van der Waals surface area contributed by atoms with Crippen molar-refractivity contribution in [2.24, 2.45) is 5.41 Å². The van der Waals surface area contributed by atoms with Crippen LogP contribution in [0.2, 0.25) is 0 Å². The molecule has 0 bridgehead atoms. The van der Waals surface area contributed by atoms with Crippen molar-refractivity contribution < 1.29 is 42.1 Å². The largest absolute Gasteiger partial charge is 0.487 e. The Balaban J connectivity index is 0.836. The quantitative estimate of drug-likeness (QED) is 0.0886. The van der Waals surface area contributed by atoms with Gasteiger partial charge in [-0.15, -0.1) is 11.3 Å². The monoisotopic (exact) mass is 978 g/mol. The number of aryl methyl sites for hydroxylation is 1. The summed E-state index contributed by atoms with van der Waals surface area (Å²) in [6.07, 6.45) is 1.88. The zero-order valence-corrected chi connectivity index (χ0v) is 41.5. The minimum absolute atomic E-state index is 0.00331. The number of carbonyl (C=O) groups is 3. The summed E-state index contributed by atoms with van der Waals surface area (Å²) in [5.74, 6) is -3.00. The summed E-state index contributed by atoms with van der Waals surface area (Å²) in [5, 5.41) is 16.3. The van der Waals surface area contributed by atoms with E-state index >= 15 is 13.2 Å². The van der Waals surface area contributed by atoms with Crippen LogP contribution in [-0.4, -0.2) is 92.2 Å². The maximum Gasteiger partial charge on any atom is 0.246 e. The third-order valence-corrected chi connectivity index (χ3v) is 14.2. The Morgan fingerprint density at radius 1 is 0.957 bits per heavy atom. The van der Waals surface area contributed by atoms with Crippen LogP contribution in [-0.2, 0) is 45.3 Å². The van der Waals surface area contributed by atoms with Gasteiger partial charge in [0, 0.05) is 56.0 Å². The van der Waals surface area contributed by atoms with Crippen molar-refractivity contribution in [2.45, 2.75) is 123 Å². The van der Waals surface area contributed by atoms with Crippen molar-refractivity contribution in [3.8, 4) is 16.2 Å². The number of nitrogens with one attached hydrogen (secondary N) is 2. The van der Waals surface area contributed by atoms with E-state index < -0.39 is 64.7 Å². The SMILES string of the molecule is Cc1ncsc1-c1ccc(CNC(=O)[C@@H]2C[C@@H](O)CN2C(=O)[C@@H](NC(=O)COCc2ccc(COc3cc(F)c([C@@H]4C5=C(C[C@@H](C)N4CC(C)(C)F)c4ccccc4C5)c(F)c3)nc2)C(C)(C)C)cc1. The first-order valence-corrected chi connectivity index (χ1v) is 24.5. The van der Waals surface area contributed by atoms with Crippen LogP contribution in [0.3, 0.4) is 0 Å². The number of β-amino-alcohol motifs (C(OH)–C–C–N with tert-alkyl or cyclic N) is 1. The molecule has 4 heterocycles. The van der Waals surface area contributed by atoms with Gasteiger partial charge in [-0.2, -0.15) is 0 Å². The second kappa shape index (κ2) is 20.8. The molecule has 1 fully saturated rings. The van der Waals surface area contributed by atoms with E-state index in [-0.39, 0.29) is 63.2 Å². The number of aliphatic hydroxyl groups excluding tert-OH is 1. The van der Waals surface area contributed by atoms with Crippen LogP contribution < -0.4 is 15.4 Å². The number of alkyl halides is 1. The first-order valence-electron chi connectivity index (χ1n) is 23.7. The van der Waals surface area contributed by atoms with E-state index in [4.69, 9.17) is 9.47 Å². The maximum absolute atomic E-state index is 16.2. The Hall–Kier alpha value is -5.94. The van der Waals surface area contributed by atoms with E-state index in [1.54, 1.807) is 55.9 Å². The third-order valence-electron chi connectivity index (χ3n) is 13.2. The number of halogens is 3. The lowest BCUT2D eigenvalue weighted by atomic mass is 9.84. The molecule has 0 unspecified atom stereocenters. The number of carbonyl (C=O) groups excluding carboxylic acids is 3. The highest BCUT2D eigenvalue weighted by molar-refractivity contribution is 7.13. The average molecular weight is 979 g/mol. The molecule has 3 amide bonds. The number of nitrogens with zero attached hydrogens (tertiary/aromatic N) is 4. The lowest BCUT2D eigenvalue weighted by Gasteiger charge is -2.44. The number of benzene rings is 3. The lowest BCUT2D eigenvalue weighted by Crippen LogP contribution is -2.58. The van der Waals surface area contributed by atoms with Gasteiger partial charge in [0.25, 0.3) is 0 Å². The predicted molar refractivity (Wildman–Crippen MR) is 262 cm³/mol. The summed E-state index contributed by atoms with van der Waals surface area (Å²) in [7, 11) is 0. The molecular weight excluding hydrogens is 918 g/mol. The van der Waals surface area contributed by atoms with E-state index in [2.05, 4.69) is 20.6 Å². The molecule has 1 aliphatic carbocycles. The molecule has 0 spiro atoms. The highest BCUT2D eigenvalue weighted by atomic mass is 32.1. The highest BCUT2D eigenvalue weighted by Gasteiger charge is 2.45. The first-order chi connectivity index (χ1) is 33.2. The molecule has 12 nitrogen and oxygen atoms in total. The number of amides is 3. The fraction of sp³-hybridized carbons (Fsp3) is 0.426. The standard InChI is InChI=1S/C54H61F3N6O6S/c1-31-18-41-40-11-9-8-10-36(40)19-42(41)48(63(31)29-54(6,7)57)47-43(55)21-39(22-44(47)56)69-27-37-17-14-34(24-58-37)26-68-28-46(65)61-50(53(3,4)5)52(67)62-25-38(64)20-45(62)51(66)59-23-33-12-15-35(16-13-33)49-32(2)60-30-70-49/h8-17,21-22,24,30-31,38,45,48,50,64H,18-20,23,25-29H2,1-7H3,(H,59,66)(H,61,65)/t31-,38-,45+,48+,50-/m1/s1. The Morgan fingerprint density at radius 3 is 2.33 bits per heavy atom. The zero-order chi connectivity index (χ0) is 50.1. The molecular formula is C54H61F3N6O6S. The zero-order valence-electron chi connectivity index (χ0n) is 40.7. The number of ether oxygens (including phenoxy) is 2. The third kappa shape index (κ3) is 11.5.